The van der Waals surface area contributed by atoms with E-state index < -0.39 is 0 Å². The molecular formula is C18H21N3O. The van der Waals surface area contributed by atoms with Crippen LogP contribution in [-0.2, 0) is 0 Å². The summed E-state index contributed by atoms with van der Waals surface area (Å²) in [6.45, 7) is 6.08. The number of hydrogen-bond acceptors (Lipinski definition) is 2. The number of carbonyl (C=O) groups excluding carboxylic acids is 1. The summed E-state index contributed by atoms with van der Waals surface area (Å²) in [5, 5.41) is 7.76. The molecule has 0 unspecified atom stereocenters. The van der Waals surface area contributed by atoms with Crippen LogP contribution in [0.25, 0.3) is 0 Å². The number of carbonyl (C=O) groups is 1. The van der Waals surface area contributed by atoms with Crippen LogP contribution >= 0.6 is 0 Å². The van der Waals surface area contributed by atoms with Gasteiger partial charge in [-0.15, -0.1) is 0 Å². The zero-order chi connectivity index (χ0) is 16.3. The second kappa shape index (κ2) is 6.43. The van der Waals surface area contributed by atoms with Crippen LogP contribution in [0, 0.1) is 12.3 Å². The Morgan fingerprint density at radius 3 is 2.18 bits per heavy atom. The van der Waals surface area contributed by atoms with E-state index in [0.29, 0.717) is 17.2 Å². The van der Waals surface area contributed by atoms with Crippen molar-refractivity contribution in [3.63, 3.8) is 0 Å². The van der Waals surface area contributed by atoms with E-state index in [4.69, 9.17) is 11.1 Å². The number of hydrogen-bond donors (Lipinski definition) is 2. The van der Waals surface area contributed by atoms with Crippen molar-refractivity contribution in [2.45, 2.75) is 26.7 Å². The first-order chi connectivity index (χ1) is 10.4. The van der Waals surface area contributed by atoms with Gasteiger partial charge in [0, 0.05) is 5.56 Å². The summed E-state index contributed by atoms with van der Waals surface area (Å²) in [6.07, 6.45) is 0. The van der Waals surface area contributed by atoms with E-state index >= 15 is 0 Å². The molecule has 0 atom stereocenters. The molecule has 0 saturated carbocycles. The molecular weight excluding hydrogens is 274 g/mol. The minimum absolute atomic E-state index is 0.287. The van der Waals surface area contributed by atoms with Crippen LogP contribution in [0.4, 0.5) is 5.69 Å². The molecule has 0 fully saturated rings. The normalized spacial score (nSPS) is 10.5. The number of anilines is 1. The van der Waals surface area contributed by atoms with Gasteiger partial charge in [-0.3, -0.25) is 10.2 Å². The molecule has 1 amide bonds. The minimum atomic E-state index is -0.289. The van der Waals surface area contributed by atoms with Gasteiger partial charge >= 0.3 is 0 Å². The first kappa shape index (κ1) is 15.8. The van der Waals surface area contributed by atoms with Crippen molar-refractivity contribution in [1.29, 1.82) is 5.41 Å². The Labute approximate surface area is 131 Å². The Balaban J connectivity index is 2.40. The van der Waals surface area contributed by atoms with Crippen LogP contribution in [0.1, 0.15) is 41.3 Å². The monoisotopic (exact) mass is 295 g/mol. The van der Waals surface area contributed by atoms with Crippen LogP contribution in [0.2, 0.25) is 0 Å². The highest BCUT2D eigenvalue weighted by Crippen LogP contribution is 2.22. The topological polar surface area (TPSA) is 70.2 Å². The van der Waals surface area contributed by atoms with Gasteiger partial charge in [-0.1, -0.05) is 44.2 Å². The quantitative estimate of drug-likeness (QED) is 0.670. The molecule has 2 aromatic carbocycles. The Bertz CT molecular complexity index is 690. The maximum absolute atomic E-state index is 12.7. The van der Waals surface area contributed by atoms with Crippen molar-refractivity contribution in [1.82, 2.24) is 0 Å². The van der Waals surface area contributed by atoms with E-state index in [1.165, 1.54) is 10.5 Å². The summed E-state index contributed by atoms with van der Waals surface area (Å²) in [5.74, 6) is -0.166. The molecule has 0 radical (unpaired) electrons. The molecule has 2 aromatic rings. The van der Waals surface area contributed by atoms with Gasteiger partial charge < -0.3 is 5.73 Å². The van der Waals surface area contributed by atoms with Gasteiger partial charge in [0.05, 0.1) is 5.69 Å². The fraction of sp³-hybridized carbons (Fsp3) is 0.222. The van der Waals surface area contributed by atoms with E-state index in [0.717, 1.165) is 5.56 Å². The van der Waals surface area contributed by atoms with Crippen LogP contribution in [-0.4, -0.2) is 11.9 Å². The number of nitrogens with zero attached hydrogens (tertiary/aromatic N) is 1. The van der Waals surface area contributed by atoms with Crippen molar-refractivity contribution < 1.29 is 4.79 Å². The Morgan fingerprint density at radius 2 is 1.68 bits per heavy atom. The zero-order valence-electron chi connectivity index (χ0n) is 13.1. The highest BCUT2D eigenvalue weighted by molar-refractivity contribution is 6.21. The van der Waals surface area contributed by atoms with Crippen molar-refractivity contribution in [3.05, 3.63) is 65.2 Å². The third-order valence-electron chi connectivity index (χ3n) is 3.64. The fourth-order valence-corrected chi connectivity index (χ4v) is 2.31. The Hall–Kier alpha value is -2.62. The number of aryl methyl sites for hydroxylation is 1. The number of guanidine groups is 1. The predicted molar refractivity (Wildman–Crippen MR) is 90.4 cm³/mol. The van der Waals surface area contributed by atoms with Crippen molar-refractivity contribution >= 4 is 17.6 Å². The lowest BCUT2D eigenvalue weighted by Gasteiger charge is -2.22. The maximum atomic E-state index is 12.7. The van der Waals surface area contributed by atoms with Crippen molar-refractivity contribution in [3.8, 4) is 0 Å². The molecule has 0 bridgehead atoms. The zero-order valence-corrected chi connectivity index (χ0v) is 13.1. The molecule has 4 nitrogen and oxygen atoms in total. The average molecular weight is 295 g/mol. The molecule has 4 heteroatoms. The number of nitrogens with one attached hydrogen (secondary N) is 1. The second-order valence-electron chi connectivity index (χ2n) is 5.59. The fourth-order valence-electron chi connectivity index (χ4n) is 2.31. The van der Waals surface area contributed by atoms with Gasteiger partial charge in [0.1, 0.15) is 0 Å². The standard InChI is InChI=1S/C18H21N3O/c1-12(2)14-8-10-15(11-9-14)21(18(19)20)17(22)16-7-5-4-6-13(16)3/h4-12H,1-3H3,(H3,19,20). The van der Waals surface area contributed by atoms with Crippen LogP contribution < -0.4 is 10.6 Å². The molecule has 2 rings (SSSR count). The third-order valence-corrected chi connectivity index (χ3v) is 3.64. The van der Waals surface area contributed by atoms with E-state index in [-0.39, 0.29) is 11.9 Å². The number of rotatable bonds is 3. The number of benzene rings is 2. The van der Waals surface area contributed by atoms with E-state index in [1.54, 1.807) is 12.1 Å². The largest absolute Gasteiger partial charge is 0.369 e. The highest BCUT2D eigenvalue weighted by Gasteiger charge is 2.21. The number of nitrogens with two attached hydrogens (primary N) is 1. The van der Waals surface area contributed by atoms with Crippen molar-refractivity contribution in [2.24, 2.45) is 5.73 Å². The summed E-state index contributed by atoms with van der Waals surface area (Å²) in [5.41, 5.74) is 8.83. The average Bonchev–Trinajstić information content (AvgIpc) is 2.48. The molecule has 0 heterocycles. The maximum Gasteiger partial charge on any atom is 0.265 e. The summed E-state index contributed by atoms with van der Waals surface area (Å²) in [7, 11) is 0. The third kappa shape index (κ3) is 3.17. The van der Waals surface area contributed by atoms with Crippen LogP contribution in [0.15, 0.2) is 48.5 Å². The Kier molecular flexibility index (Phi) is 4.61. The van der Waals surface area contributed by atoms with Gasteiger partial charge in [0.15, 0.2) is 5.96 Å². The lowest BCUT2D eigenvalue weighted by molar-refractivity contribution is 0.100. The number of amides is 1. The van der Waals surface area contributed by atoms with Gasteiger partial charge in [-0.05, 0) is 42.2 Å². The lowest BCUT2D eigenvalue weighted by Crippen LogP contribution is -2.41. The smallest absolute Gasteiger partial charge is 0.265 e. The summed E-state index contributed by atoms with van der Waals surface area (Å²) < 4.78 is 0. The predicted octanol–water partition coefficient (Wildman–Crippen LogP) is 3.66. The van der Waals surface area contributed by atoms with E-state index in [1.807, 2.05) is 43.3 Å². The summed E-state index contributed by atoms with van der Waals surface area (Å²) >= 11 is 0. The van der Waals surface area contributed by atoms with Gasteiger partial charge in [-0.25, -0.2) is 4.90 Å². The van der Waals surface area contributed by atoms with Gasteiger partial charge in [0.25, 0.3) is 5.91 Å². The van der Waals surface area contributed by atoms with Gasteiger partial charge in [0.2, 0.25) is 0 Å². The lowest BCUT2D eigenvalue weighted by atomic mass is 10.0. The first-order valence-corrected chi connectivity index (χ1v) is 7.26. The first-order valence-electron chi connectivity index (χ1n) is 7.26. The van der Waals surface area contributed by atoms with Crippen LogP contribution in [0.3, 0.4) is 0 Å². The molecule has 0 aliphatic rings. The second-order valence-corrected chi connectivity index (χ2v) is 5.59. The summed E-state index contributed by atoms with van der Waals surface area (Å²) in [6, 6.07) is 14.9. The SMILES string of the molecule is Cc1ccccc1C(=O)N(C(=N)N)c1ccc(C(C)C)cc1. The molecule has 3 N–H and O–H groups in total. The van der Waals surface area contributed by atoms with Crippen molar-refractivity contribution in [2.75, 3.05) is 4.90 Å². The summed E-state index contributed by atoms with van der Waals surface area (Å²) in [4.78, 5) is 14.0. The molecule has 0 saturated heterocycles. The molecule has 0 aromatic heterocycles. The molecule has 22 heavy (non-hydrogen) atoms. The van der Waals surface area contributed by atoms with E-state index in [9.17, 15) is 4.79 Å². The Morgan fingerprint density at radius 1 is 1.09 bits per heavy atom. The minimum Gasteiger partial charge on any atom is -0.369 e. The van der Waals surface area contributed by atoms with E-state index in [2.05, 4.69) is 13.8 Å². The molecule has 0 aliphatic heterocycles. The van der Waals surface area contributed by atoms with Gasteiger partial charge in [-0.2, -0.15) is 0 Å². The van der Waals surface area contributed by atoms with Crippen LogP contribution in [0.5, 0.6) is 0 Å². The molecule has 114 valence electrons. The molecule has 0 aliphatic carbocycles. The highest BCUT2D eigenvalue weighted by atomic mass is 16.2. The molecule has 0 spiro atoms.